The lowest BCUT2D eigenvalue weighted by Gasteiger charge is -2.33. The molecule has 3 heterocycles. The molecule has 37 heavy (non-hydrogen) atoms. The van der Waals surface area contributed by atoms with Crippen LogP contribution in [0.15, 0.2) is 72.8 Å². The van der Waals surface area contributed by atoms with Crippen LogP contribution in [0.1, 0.15) is 40.1 Å². The van der Waals surface area contributed by atoms with Gasteiger partial charge in [0, 0.05) is 35.1 Å². The second-order valence-corrected chi connectivity index (χ2v) is 9.33. The SMILES string of the molecule is COc1ccccc1CNC(=O)c1ccccc1N1C(=O)[C@@H]2Cc3c([nH]c4ccccc34)[C@H](C)N2C1=O. The van der Waals surface area contributed by atoms with Crippen molar-refractivity contribution >= 4 is 34.4 Å². The number of aromatic amines is 1. The maximum atomic E-state index is 13.7. The molecule has 1 aromatic heterocycles. The van der Waals surface area contributed by atoms with Crippen molar-refractivity contribution in [3.05, 3.63) is 95.2 Å². The van der Waals surface area contributed by atoms with Crippen molar-refractivity contribution in [2.45, 2.75) is 32.0 Å². The molecule has 6 rings (SSSR count). The van der Waals surface area contributed by atoms with E-state index in [1.807, 2.05) is 55.5 Å². The number of methoxy groups -OCH3 is 1. The number of imide groups is 1. The van der Waals surface area contributed by atoms with Crippen LogP contribution < -0.4 is 15.0 Å². The zero-order chi connectivity index (χ0) is 25.7. The Balaban J connectivity index is 1.30. The summed E-state index contributed by atoms with van der Waals surface area (Å²) < 4.78 is 5.37. The first-order valence-electron chi connectivity index (χ1n) is 12.2. The molecule has 8 heteroatoms. The van der Waals surface area contributed by atoms with Gasteiger partial charge in [0.15, 0.2) is 0 Å². The summed E-state index contributed by atoms with van der Waals surface area (Å²) in [6.07, 6.45) is 0.424. The van der Waals surface area contributed by atoms with Crippen molar-refractivity contribution in [2.75, 3.05) is 12.0 Å². The Hall–Kier alpha value is -4.59. The van der Waals surface area contributed by atoms with Crippen LogP contribution in [-0.2, 0) is 17.8 Å². The Kier molecular flexibility index (Phi) is 5.44. The molecular weight excluding hydrogens is 468 g/mol. The molecule has 0 spiro atoms. The number of nitrogens with one attached hydrogen (secondary N) is 2. The lowest BCUT2D eigenvalue weighted by molar-refractivity contribution is -0.120. The third kappa shape index (κ3) is 3.56. The molecule has 2 aliphatic rings. The van der Waals surface area contributed by atoms with Crippen molar-refractivity contribution in [3.63, 3.8) is 0 Å². The monoisotopic (exact) mass is 494 g/mol. The van der Waals surface area contributed by atoms with Crippen LogP contribution in [0.25, 0.3) is 10.9 Å². The average molecular weight is 495 g/mol. The minimum absolute atomic E-state index is 0.243. The van der Waals surface area contributed by atoms with Crippen molar-refractivity contribution in [1.29, 1.82) is 0 Å². The molecule has 0 aliphatic carbocycles. The van der Waals surface area contributed by atoms with Crippen LogP contribution in [0, 0.1) is 0 Å². The number of amides is 4. The molecule has 3 aromatic carbocycles. The van der Waals surface area contributed by atoms with Gasteiger partial charge in [-0.15, -0.1) is 0 Å². The Bertz CT molecular complexity index is 1560. The number of benzene rings is 3. The topological polar surface area (TPSA) is 94.7 Å². The van der Waals surface area contributed by atoms with E-state index >= 15 is 0 Å². The molecule has 1 saturated heterocycles. The van der Waals surface area contributed by atoms with Crippen LogP contribution in [0.2, 0.25) is 0 Å². The van der Waals surface area contributed by atoms with E-state index in [4.69, 9.17) is 4.74 Å². The lowest BCUT2D eigenvalue weighted by Crippen LogP contribution is -2.42. The lowest BCUT2D eigenvalue weighted by atomic mass is 9.93. The van der Waals surface area contributed by atoms with E-state index in [1.54, 1.807) is 36.3 Å². The normalized spacial score (nSPS) is 18.6. The zero-order valence-corrected chi connectivity index (χ0v) is 20.5. The van der Waals surface area contributed by atoms with Gasteiger partial charge in [0.1, 0.15) is 11.8 Å². The summed E-state index contributed by atoms with van der Waals surface area (Å²) >= 11 is 0. The molecule has 2 atom stereocenters. The Morgan fingerprint density at radius 2 is 1.76 bits per heavy atom. The molecule has 0 bridgehead atoms. The largest absolute Gasteiger partial charge is 0.496 e. The molecule has 2 aliphatic heterocycles. The summed E-state index contributed by atoms with van der Waals surface area (Å²) in [5.41, 5.74) is 4.37. The van der Waals surface area contributed by atoms with Gasteiger partial charge in [0.05, 0.1) is 24.4 Å². The summed E-state index contributed by atoms with van der Waals surface area (Å²) in [6, 6.07) is 20.8. The van der Waals surface area contributed by atoms with Crippen molar-refractivity contribution in [1.82, 2.24) is 15.2 Å². The first-order valence-corrected chi connectivity index (χ1v) is 12.2. The van der Waals surface area contributed by atoms with Gasteiger partial charge in [-0.25, -0.2) is 9.69 Å². The highest BCUT2D eigenvalue weighted by Crippen LogP contribution is 2.42. The molecule has 4 aromatic rings. The predicted octanol–water partition coefficient (Wildman–Crippen LogP) is 4.56. The standard InChI is InChI=1S/C29H26N4O4/c1-17-26-21(19-10-4-6-12-22(19)31-26)15-24-28(35)33(29(36)32(17)24)23-13-7-5-11-20(23)27(34)30-16-18-9-3-8-14-25(18)37-2/h3-14,17,24,31H,15-16H2,1-2H3,(H,30,34)/t17-,24-/m0/s1. The number of hydrogen-bond donors (Lipinski definition) is 2. The number of nitrogens with zero attached hydrogens (tertiary/aromatic N) is 2. The van der Waals surface area contributed by atoms with Crippen molar-refractivity contribution < 1.29 is 19.1 Å². The third-order valence-corrected chi connectivity index (χ3v) is 7.35. The Labute approximate surface area is 213 Å². The number of carbonyl (C=O) groups excluding carboxylic acids is 3. The van der Waals surface area contributed by atoms with Gasteiger partial charge in [0.25, 0.3) is 11.8 Å². The van der Waals surface area contributed by atoms with Crippen LogP contribution in [0.3, 0.4) is 0 Å². The summed E-state index contributed by atoms with van der Waals surface area (Å²) in [6.45, 7) is 2.17. The van der Waals surface area contributed by atoms with E-state index in [2.05, 4.69) is 10.3 Å². The molecule has 4 amide bonds. The van der Waals surface area contributed by atoms with E-state index in [1.165, 1.54) is 0 Å². The number of para-hydroxylation sites is 3. The Morgan fingerprint density at radius 3 is 2.59 bits per heavy atom. The van der Waals surface area contributed by atoms with Gasteiger partial charge in [-0.2, -0.15) is 0 Å². The van der Waals surface area contributed by atoms with Gasteiger partial charge >= 0.3 is 6.03 Å². The predicted molar refractivity (Wildman–Crippen MR) is 140 cm³/mol. The number of H-pyrrole nitrogens is 1. The average Bonchev–Trinajstić information content (AvgIpc) is 3.42. The van der Waals surface area contributed by atoms with E-state index in [-0.39, 0.29) is 35.7 Å². The number of carbonyl (C=O) groups is 3. The van der Waals surface area contributed by atoms with Crippen molar-refractivity contribution in [3.8, 4) is 5.75 Å². The zero-order valence-electron chi connectivity index (χ0n) is 20.5. The number of aromatic nitrogens is 1. The van der Waals surface area contributed by atoms with Crippen molar-refractivity contribution in [2.24, 2.45) is 0 Å². The molecule has 8 nitrogen and oxygen atoms in total. The minimum atomic E-state index is -0.626. The van der Waals surface area contributed by atoms with E-state index in [9.17, 15) is 14.4 Å². The number of rotatable bonds is 5. The van der Waals surface area contributed by atoms with Gasteiger partial charge < -0.3 is 19.9 Å². The fraction of sp³-hybridized carbons (Fsp3) is 0.207. The first kappa shape index (κ1) is 22.8. The van der Waals surface area contributed by atoms with Crippen LogP contribution in [-0.4, -0.2) is 40.9 Å². The fourth-order valence-corrected chi connectivity index (χ4v) is 5.56. The van der Waals surface area contributed by atoms with E-state index in [0.717, 1.165) is 32.6 Å². The van der Waals surface area contributed by atoms with Gasteiger partial charge in [-0.3, -0.25) is 9.59 Å². The summed E-state index contributed by atoms with van der Waals surface area (Å²) in [5, 5.41) is 3.97. The summed E-state index contributed by atoms with van der Waals surface area (Å²) in [5.74, 6) is -0.0309. The summed E-state index contributed by atoms with van der Waals surface area (Å²) in [4.78, 5) is 46.9. The second kappa shape index (κ2) is 8.81. The fourth-order valence-electron chi connectivity index (χ4n) is 5.56. The molecule has 1 fully saturated rings. The molecule has 0 saturated carbocycles. The number of anilines is 1. The maximum Gasteiger partial charge on any atom is 0.332 e. The molecular formula is C29H26N4O4. The first-order chi connectivity index (χ1) is 18.0. The summed E-state index contributed by atoms with van der Waals surface area (Å²) in [7, 11) is 1.58. The van der Waals surface area contributed by atoms with Crippen LogP contribution in [0.4, 0.5) is 10.5 Å². The van der Waals surface area contributed by atoms with E-state index in [0.29, 0.717) is 12.2 Å². The molecule has 0 radical (unpaired) electrons. The molecule has 186 valence electrons. The van der Waals surface area contributed by atoms with Crippen LogP contribution in [0.5, 0.6) is 5.75 Å². The third-order valence-electron chi connectivity index (χ3n) is 7.35. The quantitative estimate of drug-likeness (QED) is 0.398. The Morgan fingerprint density at radius 1 is 1.03 bits per heavy atom. The molecule has 2 N–H and O–H groups in total. The number of hydrogen-bond acceptors (Lipinski definition) is 4. The van der Waals surface area contributed by atoms with Gasteiger partial charge in [-0.05, 0) is 36.8 Å². The highest BCUT2D eigenvalue weighted by Gasteiger charge is 2.52. The number of fused-ring (bicyclic) bond motifs is 4. The highest BCUT2D eigenvalue weighted by atomic mass is 16.5. The maximum absolute atomic E-state index is 13.7. The second-order valence-electron chi connectivity index (χ2n) is 9.33. The van der Waals surface area contributed by atoms with Gasteiger partial charge in [-0.1, -0.05) is 48.5 Å². The van der Waals surface area contributed by atoms with E-state index < -0.39 is 12.1 Å². The van der Waals surface area contributed by atoms with Gasteiger partial charge in [0.2, 0.25) is 0 Å². The van der Waals surface area contributed by atoms with Crippen LogP contribution >= 0.6 is 0 Å². The minimum Gasteiger partial charge on any atom is -0.496 e. The smallest absolute Gasteiger partial charge is 0.332 e. The highest BCUT2D eigenvalue weighted by molar-refractivity contribution is 6.24. The molecule has 0 unspecified atom stereocenters. The number of ether oxygens (including phenoxy) is 1. The number of urea groups is 1.